The summed E-state index contributed by atoms with van der Waals surface area (Å²) in [5.41, 5.74) is 10.2. The second-order valence-corrected chi connectivity index (χ2v) is 7.45. The number of carbonyl (C=O) groups excluding carboxylic acids is 2. The molecule has 154 valence electrons. The number of aromatic nitrogens is 1. The van der Waals surface area contributed by atoms with Crippen LogP contribution in [0.2, 0.25) is 0 Å². The number of fused-ring (bicyclic) bond motifs is 1. The highest BCUT2D eigenvalue weighted by molar-refractivity contribution is 5.91. The number of nitrogens with two attached hydrogens (primary N) is 1. The molecule has 7 heteroatoms. The molecule has 1 fully saturated rings. The van der Waals surface area contributed by atoms with Gasteiger partial charge in [0.1, 0.15) is 5.56 Å². The van der Waals surface area contributed by atoms with Crippen LogP contribution >= 0.6 is 0 Å². The maximum absolute atomic E-state index is 13.0. The summed E-state index contributed by atoms with van der Waals surface area (Å²) in [6.45, 7) is 3.92. The number of hydrogen-bond acceptors (Lipinski definition) is 4. The van der Waals surface area contributed by atoms with Crippen molar-refractivity contribution in [2.24, 2.45) is 5.73 Å². The summed E-state index contributed by atoms with van der Waals surface area (Å²) >= 11 is 0. The molecule has 0 spiro atoms. The van der Waals surface area contributed by atoms with E-state index in [4.69, 9.17) is 10.5 Å². The minimum absolute atomic E-state index is 0.0743. The van der Waals surface area contributed by atoms with Crippen LogP contribution in [0.4, 0.5) is 10.5 Å². The van der Waals surface area contributed by atoms with Gasteiger partial charge < -0.3 is 15.8 Å². The smallest absolute Gasteiger partial charge is 0.343 e. The number of rotatable bonds is 5. The average molecular weight is 405 g/mol. The number of primary amides is 1. The lowest BCUT2D eigenvalue weighted by Gasteiger charge is -2.16. The number of carbonyl (C=O) groups is 2. The van der Waals surface area contributed by atoms with Crippen LogP contribution in [0.1, 0.15) is 47.2 Å². The number of ether oxygens (including phenoxy) is 1. The molecule has 0 atom stereocenters. The van der Waals surface area contributed by atoms with Crippen LogP contribution in [0.5, 0.6) is 0 Å². The number of pyridine rings is 2. The minimum Gasteiger partial charge on any atom is -0.462 e. The molecule has 2 aromatic heterocycles. The number of esters is 1. The van der Waals surface area contributed by atoms with Gasteiger partial charge in [0, 0.05) is 11.9 Å². The van der Waals surface area contributed by atoms with E-state index in [9.17, 15) is 14.4 Å². The van der Waals surface area contributed by atoms with Gasteiger partial charge in [0.2, 0.25) is 0 Å². The number of anilines is 1. The third-order valence-electron chi connectivity index (χ3n) is 5.39. The highest BCUT2D eigenvalue weighted by Gasteiger charge is 2.29. The molecule has 30 heavy (non-hydrogen) atoms. The first-order valence-corrected chi connectivity index (χ1v) is 9.93. The van der Waals surface area contributed by atoms with E-state index in [0.29, 0.717) is 11.6 Å². The van der Waals surface area contributed by atoms with Crippen molar-refractivity contribution in [1.82, 2.24) is 4.40 Å². The van der Waals surface area contributed by atoms with Crippen molar-refractivity contribution in [3.05, 3.63) is 69.6 Å². The van der Waals surface area contributed by atoms with E-state index in [0.717, 1.165) is 40.6 Å². The quantitative estimate of drug-likeness (QED) is 0.630. The molecule has 3 N–H and O–H groups in total. The van der Waals surface area contributed by atoms with Crippen LogP contribution in [0.15, 0.2) is 47.4 Å². The highest BCUT2D eigenvalue weighted by Crippen LogP contribution is 2.43. The average Bonchev–Trinajstić information content (AvgIpc) is 3.54. The molecule has 0 aliphatic heterocycles. The number of nitrogens with one attached hydrogen (secondary N) is 1. The van der Waals surface area contributed by atoms with Crippen LogP contribution in [0.3, 0.4) is 0 Å². The summed E-state index contributed by atoms with van der Waals surface area (Å²) in [6.07, 6.45) is 3.78. The Balaban J connectivity index is 1.87. The van der Waals surface area contributed by atoms with E-state index in [1.807, 2.05) is 25.1 Å². The van der Waals surface area contributed by atoms with E-state index in [-0.39, 0.29) is 17.7 Å². The van der Waals surface area contributed by atoms with Crippen molar-refractivity contribution >= 4 is 23.2 Å². The molecule has 0 radical (unpaired) electrons. The van der Waals surface area contributed by atoms with Crippen LogP contribution in [-0.4, -0.2) is 23.0 Å². The van der Waals surface area contributed by atoms with Gasteiger partial charge in [-0.1, -0.05) is 12.1 Å². The van der Waals surface area contributed by atoms with Gasteiger partial charge in [0.15, 0.2) is 0 Å². The first-order chi connectivity index (χ1) is 14.4. The monoisotopic (exact) mass is 405 g/mol. The van der Waals surface area contributed by atoms with Gasteiger partial charge in [-0.25, -0.2) is 9.59 Å². The number of amides is 2. The molecule has 7 nitrogen and oxygen atoms in total. The minimum atomic E-state index is -0.615. The Bertz CT molecular complexity index is 1210. The third-order valence-corrected chi connectivity index (χ3v) is 5.39. The molecule has 4 rings (SSSR count). The molecular weight excluding hydrogens is 382 g/mol. The van der Waals surface area contributed by atoms with Crippen molar-refractivity contribution in [1.29, 1.82) is 0 Å². The SMILES string of the molecule is CCOC(=O)c1cc(C2CC2)c2c(C)c(-c3ccc(NC(N)=O)cc3)ccn2c1=O. The Morgan fingerprint density at radius 3 is 2.50 bits per heavy atom. The Morgan fingerprint density at radius 1 is 1.20 bits per heavy atom. The predicted molar refractivity (Wildman–Crippen MR) is 115 cm³/mol. The van der Waals surface area contributed by atoms with Gasteiger partial charge in [0.05, 0.1) is 12.1 Å². The van der Waals surface area contributed by atoms with E-state index in [2.05, 4.69) is 5.32 Å². The number of benzene rings is 1. The Labute approximate surface area is 173 Å². The van der Waals surface area contributed by atoms with Crippen molar-refractivity contribution < 1.29 is 14.3 Å². The highest BCUT2D eigenvalue weighted by atomic mass is 16.5. The molecule has 1 aliphatic carbocycles. The Hall–Kier alpha value is -3.61. The fourth-order valence-corrected chi connectivity index (χ4v) is 3.85. The first-order valence-electron chi connectivity index (χ1n) is 9.93. The third kappa shape index (κ3) is 3.54. The summed E-state index contributed by atoms with van der Waals surface area (Å²) in [7, 11) is 0. The molecule has 2 heterocycles. The second-order valence-electron chi connectivity index (χ2n) is 7.45. The molecule has 2 amide bonds. The number of aryl methyl sites for hydroxylation is 1. The molecule has 0 bridgehead atoms. The van der Waals surface area contributed by atoms with Crippen molar-refractivity contribution in [2.75, 3.05) is 11.9 Å². The fourth-order valence-electron chi connectivity index (χ4n) is 3.85. The van der Waals surface area contributed by atoms with Gasteiger partial charge in [-0.2, -0.15) is 0 Å². The summed E-state index contributed by atoms with van der Waals surface area (Å²) in [5, 5.41) is 2.54. The maximum atomic E-state index is 13.0. The second kappa shape index (κ2) is 7.67. The van der Waals surface area contributed by atoms with E-state index in [1.54, 1.807) is 35.7 Å². The molecule has 1 aliphatic rings. The van der Waals surface area contributed by atoms with Gasteiger partial charge in [-0.3, -0.25) is 9.20 Å². The van der Waals surface area contributed by atoms with E-state index >= 15 is 0 Å². The maximum Gasteiger partial charge on any atom is 0.343 e. The molecule has 0 unspecified atom stereocenters. The molecule has 0 saturated heterocycles. The van der Waals surface area contributed by atoms with Crippen molar-refractivity contribution in [3.8, 4) is 11.1 Å². The summed E-state index contributed by atoms with van der Waals surface area (Å²) in [4.78, 5) is 36.3. The molecular formula is C23H23N3O4. The summed E-state index contributed by atoms with van der Waals surface area (Å²) in [6, 6.07) is 10.3. The van der Waals surface area contributed by atoms with Gasteiger partial charge in [-0.05, 0) is 79.1 Å². The molecule has 3 aromatic rings. The van der Waals surface area contributed by atoms with Gasteiger partial charge in [-0.15, -0.1) is 0 Å². The number of nitrogens with zero attached hydrogens (tertiary/aromatic N) is 1. The first kappa shape index (κ1) is 19.7. The topological polar surface area (TPSA) is 103 Å². The zero-order valence-corrected chi connectivity index (χ0v) is 16.9. The fraction of sp³-hybridized carbons (Fsp3) is 0.261. The number of urea groups is 1. The standard InChI is InChI=1S/C23H23N3O4/c1-3-30-22(28)19-12-18(15-4-5-15)20-13(2)17(10-11-26(20)21(19)27)14-6-8-16(9-7-14)25-23(24)29/h6-12,15H,3-5H2,1-2H3,(H3,24,25,29). The zero-order valence-electron chi connectivity index (χ0n) is 16.9. The largest absolute Gasteiger partial charge is 0.462 e. The zero-order chi connectivity index (χ0) is 21.4. The van der Waals surface area contributed by atoms with Crippen LogP contribution in [0.25, 0.3) is 16.6 Å². The summed E-state index contributed by atoms with van der Waals surface area (Å²) < 4.78 is 6.64. The van der Waals surface area contributed by atoms with Crippen molar-refractivity contribution in [2.45, 2.75) is 32.6 Å². The predicted octanol–water partition coefficient (Wildman–Crippen LogP) is 3.82. The summed E-state index contributed by atoms with van der Waals surface area (Å²) in [5.74, 6) is -0.247. The van der Waals surface area contributed by atoms with Crippen molar-refractivity contribution in [3.63, 3.8) is 0 Å². The molecule has 1 aromatic carbocycles. The van der Waals surface area contributed by atoms with E-state index < -0.39 is 12.0 Å². The lowest BCUT2D eigenvalue weighted by atomic mass is 9.96. The Kier molecular flexibility index (Phi) is 5.03. The van der Waals surface area contributed by atoms with Crippen LogP contribution < -0.4 is 16.6 Å². The number of hydrogen-bond donors (Lipinski definition) is 2. The van der Waals surface area contributed by atoms with Crippen LogP contribution in [-0.2, 0) is 4.74 Å². The lowest BCUT2D eigenvalue weighted by molar-refractivity contribution is 0.0524. The van der Waals surface area contributed by atoms with Crippen LogP contribution in [0, 0.1) is 6.92 Å². The van der Waals surface area contributed by atoms with Gasteiger partial charge >= 0.3 is 12.0 Å². The Morgan fingerprint density at radius 2 is 1.90 bits per heavy atom. The van der Waals surface area contributed by atoms with E-state index in [1.165, 1.54) is 0 Å². The molecule has 1 saturated carbocycles. The lowest BCUT2D eigenvalue weighted by Crippen LogP contribution is -2.25. The van der Waals surface area contributed by atoms with Gasteiger partial charge in [0.25, 0.3) is 5.56 Å². The normalized spacial score (nSPS) is 13.3.